The van der Waals surface area contributed by atoms with Gasteiger partial charge < -0.3 is 55.1 Å². The van der Waals surface area contributed by atoms with Crippen LogP contribution in [0.5, 0.6) is 23.0 Å². The van der Waals surface area contributed by atoms with Crippen LogP contribution in [0.4, 0.5) is 28.4 Å². The number of carbonyl (C=O) groups excluding carboxylic acids is 6. The molecule has 9 rings (SSSR count). The summed E-state index contributed by atoms with van der Waals surface area (Å²) >= 11 is 0. The van der Waals surface area contributed by atoms with Crippen LogP contribution in [0.2, 0.25) is 0 Å². The van der Waals surface area contributed by atoms with Crippen LogP contribution in [0.15, 0.2) is 96.0 Å². The van der Waals surface area contributed by atoms with E-state index in [1.807, 2.05) is 65.6 Å². The third-order valence-corrected chi connectivity index (χ3v) is 13.3. The number of benzene rings is 5. The largest absolute Gasteiger partial charge is 0.493 e. The smallest absolute Gasteiger partial charge is 0.303 e. The van der Waals surface area contributed by atoms with Gasteiger partial charge in [-0.1, -0.05) is 36.4 Å². The van der Waals surface area contributed by atoms with Gasteiger partial charge in [0.1, 0.15) is 13.2 Å². The molecule has 76 heavy (non-hydrogen) atoms. The number of para-hydroxylation sites is 2. The van der Waals surface area contributed by atoms with E-state index in [-0.39, 0.29) is 80.8 Å². The summed E-state index contributed by atoms with van der Waals surface area (Å²) in [7, 11) is 4.67. The van der Waals surface area contributed by atoms with Gasteiger partial charge in [-0.05, 0) is 90.9 Å². The van der Waals surface area contributed by atoms with Crippen molar-refractivity contribution < 1.29 is 57.6 Å². The zero-order chi connectivity index (χ0) is 53.9. The molecule has 0 saturated carbocycles. The lowest BCUT2D eigenvalue weighted by Crippen LogP contribution is -2.39. The van der Waals surface area contributed by atoms with Crippen LogP contribution < -0.4 is 54.9 Å². The lowest BCUT2D eigenvalue weighted by atomic mass is 10.1. The Balaban J connectivity index is 0.000000415. The molecule has 20 nitrogen and oxygen atoms in total. The van der Waals surface area contributed by atoms with Gasteiger partial charge in [-0.3, -0.25) is 43.5 Å². The molecule has 20 heteroatoms. The maximum Gasteiger partial charge on any atom is 0.303 e. The molecular formula is C56H60N8O12. The van der Waals surface area contributed by atoms with Crippen LogP contribution in [0.3, 0.4) is 0 Å². The van der Waals surface area contributed by atoms with E-state index in [1.165, 1.54) is 19.1 Å². The monoisotopic (exact) mass is 1040 g/mol. The number of carboxylic acids is 1. The van der Waals surface area contributed by atoms with Crippen molar-refractivity contribution in [2.45, 2.75) is 70.7 Å². The van der Waals surface area contributed by atoms with Crippen molar-refractivity contribution in [2.24, 2.45) is 4.99 Å². The molecule has 0 saturated heterocycles. The van der Waals surface area contributed by atoms with Gasteiger partial charge in [0.2, 0.25) is 24.1 Å². The quantitative estimate of drug-likeness (QED) is 0.0462. The molecule has 396 valence electrons. The molecule has 0 spiro atoms. The van der Waals surface area contributed by atoms with Gasteiger partial charge in [-0.25, -0.2) is 0 Å². The van der Waals surface area contributed by atoms with Crippen molar-refractivity contribution in [3.63, 3.8) is 0 Å². The molecule has 0 radical (unpaired) electrons. The maximum atomic E-state index is 14.0. The minimum Gasteiger partial charge on any atom is -0.493 e. The average Bonchev–Trinajstić information content (AvgIpc) is 3.94. The summed E-state index contributed by atoms with van der Waals surface area (Å²) in [6, 6.07) is 28.0. The molecule has 6 amide bonds. The predicted octanol–water partition coefficient (Wildman–Crippen LogP) is 5.74. The number of carbonyl (C=O) groups is 7. The Hall–Kier alpha value is -8.94. The van der Waals surface area contributed by atoms with Crippen molar-refractivity contribution in [3.05, 3.63) is 124 Å². The minimum absolute atomic E-state index is 0.0222. The molecule has 5 N–H and O–H groups in total. The predicted molar refractivity (Wildman–Crippen MR) is 284 cm³/mol. The normalized spacial score (nSPS) is 15.3. The molecule has 0 bridgehead atoms. The van der Waals surface area contributed by atoms with Gasteiger partial charge in [-0.15, -0.1) is 0 Å². The van der Waals surface area contributed by atoms with Crippen molar-refractivity contribution in [1.82, 2.24) is 16.0 Å². The standard InChI is InChI=1S/C46H42N6O8.C10H18N2O4/c1-50(44(54)23-47-26-53)31-13-27(24-59-42-19-36-34(17-40(42)57-2)45(55)51-32(21-48-36)15-29-8-4-6-10-38(29)51)12-28(14-31)25-60-43-20-37-35(18-41(43)58-3)46(56)52-33(22-49-37)16-30-9-5-7-11-39(30)52;1-2-11-9(14)7-12-8(13)5-3-4-6-10(15)16/h4-14,17-21,26,32-33,49H,15-16,22-25H2,1-3H3,(H,47,53);2-7H2,1H3,(H,11,14)(H,12,13)(H,15,16)/t32-,33?;/m0./s1. The summed E-state index contributed by atoms with van der Waals surface area (Å²) in [5.74, 6) is -0.361. The summed E-state index contributed by atoms with van der Waals surface area (Å²) in [6.45, 7) is 2.81. The molecule has 2 atom stereocenters. The third-order valence-electron chi connectivity index (χ3n) is 13.3. The van der Waals surface area contributed by atoms with E-state index < -0.39 is 5.97 Å². The highest BCUT2D eigenvalue weighted by Crippen LogP contribution is 2.43. The molecule has 0 aromatic heterocycles. The summed E-state index contributed by atoms with van der Waals surface area (Å²) in [5, 5.41) is 19.3. The molecule has 4 aliphatic heterocycles. The number of hydrogen-bond acceptors (Lipinski definition) is 13. The first kappa shape index (κ1) is 53.4. The van der Waals surface area contributed by atoms with Gasteiger partial charge in [-0.2, -0.15) is 0 Å². The van der Waals surface area contributed by atoms with E-state index in [0.29, 0.717) is 101 Å². The maximum absolute atomic E-state index is 14.0. The fraction of sp³-hybridized carbons (Fsp3) is 0.321. The number of likely N-dealkylation sites (N-methyl/N-ethyl adjacent to an activating group) is 2. The fourth-order valence-corrected chi connectivity index (χ4v) is 9.51. The SMILES string of the molecule is CCNC(=O)CNC(=O)CCCCC(=O)O.COc1cc2c(cc1OCc1cc(COc3cc4c(cc3OC)C(=O)N3c5ccccc5CC3CN4)cc(N(C)C(=O)CNC=O)c1)N=C[C@@H]1Cc3ccccc3N1C2=O. The highest BCUT2D eigenvalue weighted by Gasteiger charge is 2.39. The summed E-state index contributed by atoms with van der Waals surface area (Å²) in [6.07, 6.45) is 5.04. The van der Waals surface area contributed by atoms with Gasteiger partial charge in [0, 0.05) is 74.8 Å². The van der Waals surface area contributed by atoms with E-state index in [1.54, 1.807) is 49.4 Å². The number of ether oxygens (including phenoxy) is 4. The number of aliphatic carboxylic acids is 1. The first-order valence-electron chi connectivity index (χ1n) is 24.9. The number of carboxylic acid groups (broad SMARTS) is 1. The Labute approximate surface area is 439 Å². The number of unbranched alkanes of at least 4 members (excludes halogenated alkanes) is 1. The Bertz CT molecular complexity index is 3070. The second-order valence-corrected chi connectivity index (χ2v) is 18.3. The Morgan fingerprint density at radius 2 is 1.37 bits per heavy atom. The van der Waals surface area contributed by atoms with Crippen LogP contribution in [-0.4, -0.2) is 113 Å². The van der Waals surface area contributed by atoms with Crippen LogP contribution in [-0.2, 0) is 50.0 Å². The van der Waals surface area contributed by atoms with Crippen molar-refractivity contribution >= 4 is 76.6 Å². The number of methoxy groups -OCH3 is 2. The van der Waals surface area contributed by atoms with E-state index in [2.05, 4.69) is 27.3 Å². The number of rotatable bonds is 20. The van der Waals surface area contributed by atoms with E-state index in [9.17, 15) is 33.6 Å². The van der Waals surface area contributed by atoms with E-state index in [4.69, 9.17) is 29.0 Å². The molecular weight excluding hydrogens is 977 g/mol. The highest BCUT2D eigenvalue weighted by atomic mass is 16.5. The number of amides is 6. The average molecular weight is 1040 g/mol. The highest BCUT2D eigenvalue weighted by molar-refractivity contribution is 6.15. The van der Waals surface area contributed by atoms with Crippen LogP contribution in [0.1, 0.15) is 75.6 Å². The lowest BCUT2D eigenvalue weighted by molar-refractivity contribution is -0.137. The lowest BCUT2D eigenvalue weighted by Gasteiger charge is -2.23. The minimum atomic E-state index is -0.859. The Kier molecular flexibility index (Phi) is 17.1. The van der Waals surface area contributed by atoms with Gasteiger partial charge in [0.15, 0.2) is 23.0 Å². The Morgan fingerprint density at radius 3 is 2.03 bits per heavy atom. The Morgan fingerprint density at radius 1 is 0.750 bits per heavy atom. The molecule has 0 fully saturated rings. The van der Waals surface area contributed by atoms with E-state index in [0.717, 1.165) is 28.9 Å². The molecule has 0 aliphatic carbocycles. The third kappa shape index (κ3) is 12.2. The molecule has 4 heterocycles. The number of nitrogens with one attached hydrogen (secondary N) is 4. The topological polar surface area (TPSA) is 247 Å². The van der Waals surface area contributed by atoms with Crippen molar-refractivity contribution in [1.29, 1.82) is 0 Å². The van der Waals surface area contributed by atoms with Crippen molar-refractivity contribution in [3.8, 4) is 23.0 Å². The van der Waals surface area contributed by atoms with E-state index >= 15 is 0 Å². The van der Waals surface area contributed by atoms with Crippen LogP contribution >= 0.6 is 0 Å². The van der Waals surface area contributed by atoms with Gasteiger partial charge >= 0.3 is 5.97 Å². The number of nitrogens with zero attached hydrogens (tertiary/aromatic N) is 4. The van der Waals surface area contributed by atoms with Crippen LogP contribution in [0.25, 0.3) is 0 Å². The number of aliphatic imine (C=N–C) groups is 1. The first-order valence-corrected chi connectivity index (χ1v) is 24.9. The molecule has 5 aromatic rings. The zero-order valence-electron chi connectivity index (χ0n) is 42.7. The second-order valence-electron chi connectivity index (χ2n) is 18.3. The van der Waals surface area contributed by atoms with Gasteiger partial charge in [0.25, 0.3) is 11.8 Å². The second kappa shape index (κ2) is 24.4. The number of anilines is 4. The number of hydrogen-bond donors (Lipinski definition) is 5. The molecule has 1 unspecified atom stereocenters. The summed E-state index contributed by atoms with van der Waals surface area (Å²) in [4.78, 5) is 94.0. The summed E-state index contributed by atoms with van der Waals surface area (Å²) in [5.41, 5.74) is 7.96. The molecule has 5 aromatic carbocycles. The number of fused-ring (bicyclic) bond motifs is 8. The fourth-order valence-electron chi connectivity index (χ4n) is 9.51. The molecule has 4 aliphatic rings. The van der Waals surface area contributed by atoms with Crippen LogP contribution in [0, 0.1) is 0 Å². The zero-order valence-corrected chi connectivity index (χ0v) is 42.7. The van der Waals surface area contributed by atoms with Crippen molar-refractivity contribution in [2.75, 3.05) is 67.5 Å². The van der Waals surface area contributed by atoms with Gasteiger partial charge in [0.05, 0.1) is 61.9 Å². The summed E-state index contributed by atoms with van der Waals surface area (Å²) < 4.78 is 24.2. The first-order chi connectivity index (χ1) is 36.8.